The van der Waals surface area contributed by atoms with Gasteiger partial charge in [0, 0.05) is 78.3 Å². The molecule has 2 aromatic heterocycles. The average molecular weight is 764 g/mol. The molecule has 0 unspecified atom stereocenters. The fraction of sp³-hybridized carbons (Fsp3) is 0.343. The summed E-state index contributed by atoms with van der Waals surface area (Å²) in [6, 6.07) is 13.1. The Hall–Kier alpha value is -3.95. The quantitative estimate of drug-likeness (QED) is 0.118. The summed E-state index contributed by atoms with van der Waals surface area (Å²) in [4.78, 5) is 20.1. The van der Waals surface area contributed by atoms with Crippen molar-refractivity contribution in [1.82, 2.24) is 25.9 Å². The molecule has 10 nitrogen and oxygen atoms in total. The number of nitrogens with zero attached hydrogens (tertiary/aromatic N) is 2. The van der Waals surface area contributed by atoms with Gasteiger partial charge < -0.3 is 26.0 Å². The molecule has 270 valence electrons. The van der Waals surface area contributed by atoms with E-state index in [9.17, 15) is 22.0 Å². The molecule has 2 aromatic carbocycles. The maximum absolute atomic E-state index is 15.6. The van der Waals surface area contributed by atoms with Crippen LogP contribution in [-0.4, -0.2) is 61.0 Å². The van der Waals surface area contributed by atoms with Crippen LogP contribution in [0, 0.1) is 5.82 Å². The number of hydrogen-bond acceptors (Lipinski definition) is 9. The Morgan fingerprint density at radius 1 is 0.941 bits per heavy atom. The second-order valence-corrected chi connectivity index (χ2v) is 15.4. The molecule has 51 heavy (non-hydrogen) atoms. The number of halogens is 5. The van der Waals surface area contributed by atoms with E-state index >= 15 is 4.39 Å². The molecular formula is C35H35Cl2F3N6O4S. The van der Waals surface area contributed by atoms with Crippen molar-refractivity contribution in [3.8, 4) is 28.1 Å². The summed E-state index contributed by atoms with van der Waals surface area (Å²) in [6.07, 6.45) is 5.09. The Bertz CT molecular complexity index is 2010. The maximum atomic E-state index is 15.6. The molecule has 1 amide bonds. The van der Waals surface area contributed by atoms with Crippen LogP contribution < -0.4 is 26.0 Å². The zero-order valence-electron chi connectivity index (χ0n) is 27.2. The van der Waals surface area contributed by atoms with Crippen LogP contribution in [0.5, 0.6) is 5.75 Å². The van der Waals surface area contributed by atoms with E-state index in [0.717, 1.165) is 0 Å². The minimum Gasteiger partial charge on any atom is -0.434 e. The molecular weight excluding hydrogens is 728 g/mol. The van der Waals surface area contributed by atoms with E-state index in [-0.39, 0.29) is 64.2 Å². The zero-order valence-corrected chi connectivity index (χ0v) is 29.5. The van der Waals surface area contributed by atoms with Crippen molar-refractivity contribution in [2.75, 3.05) is 23.4 Å². The number of ether oxygens (including phenoxy) is 1. The SMILES string of the molecule is O=C1CC[C@@H](CNCc2ccc(-c3nccc(-c4cccc(Nc5nccc(CNC6CCS(=O)(=O)CC6)c5F)c4Cl)c3Cl)cc2OC(F)F)N1. The second-order valence-electron chi connectivity index (χ2n) is 12.4. The lowest BCUT2D eigenvalue weighted by Crippen LogP contribution is -2.37. The van der Waals surface area contributed by atoms with Crippen molar-refractivity contribution in [3.05, 3.63) is 87.9 Å². The van der Waals surface area contributed by atoms with Gasteiger partial charge in [0.05, 0.1) is 32.9 Å². The number of carbonyl (C=O) groups excluding carboxylic acids is 1. The molecule has 4 aromatic rings. The highest BCUT2D eigenvalue weighted by atomic mass is 35.5. The summed E-state index contributed by atoms with van der Waals surface area (Å²) in [7, 11) is -3.01. The lowest BCUT2D eigenvalue weighted by molar-refractivity contribution is -0.119. The molecule has 2 aliphatic heterocycles. The molecule has 0 spiro atoms. The number of rotatable bonds is 13. The Balaban J connectivity index is 1.20. The number of amides is 1. The first kappa shape index (κ1) is 36.8. The first-order valence-corrected chi connectivity index (χ1v) is 18.9. The number of carbonyl (C=O) groups is 1. The highest BCUT2D eigenvalue weighted by Gasteiger charge is 2.24. The Labute approximate surface area is 303 Å². The Morgan fingerprint density at radius 3 is 2.45 bits per heavy atom. The van der Waals surface area contributed by atoms with E-state index < -0.39 is 22.3 Å². The molecule has 16 heteroatoms. The summed E-state index contributed by atoms with van der Waals surface area (Å²) in [5.74, 6) is -0.466. The second kappa shape index (κ2) is 16.2. The number of nitrogens with one attached hydrogen (secondary N) is 4. The van der Waals surface area contributed by atoms with E-state index in [1.54, 1.807) is 42.5 Å². The molecule has 0 saturated carbocycles. The van der Waals surface area contributed by atoms with Gasteiger partial charge in [0.2, 0.25) is 5.91 Å². The van der Waals surface area contributed by atoms with Crippen molar-refractivity contribution in [2.45, 2.75) is 57.5 Å². The van der Waals surface area contributed by atoms with Gasteiger partial charge in [-0.25, -0.2) is 17.8 Å². The lowest BCUT2D eigenvalue weighted by atomic mass is 10.0. The van der Waals surface area contributed by atoms with Crippen molar-refractivity contribution in [1.29, 1.82) is 0 Å². The predicted octanol–water partition coefficient (Wildman–Crippen LogP) is 6.64. The number of alkyl halides is 2. The summed E-state index contributed by atoms with van der Waals surface area (Å²) >= 11 is 13.8. The smallest absolute Gasteiger partial charge is 0.387 e. The predicted molar refractivity (Wildman–Crippen MR) is 191 cm³/mol. The summed E-state index contributed by atoms with van der Waals surface area (Å²) in [5.41, 5.74) is 2.94. The van der Waals surface area contributed by atoms with Gasteiger partial charge >= 0.3 is 6.61 Å². The molecule has 0 bridgehead atoms. The van der Waals surface area contributed by atoms with Crippen LogP contribution in [0.1, 0.15) is 36.8 Å². The van der Waals surface area contributed by atoms with Crippen LogP contribution in [0.2, 0.25) is 10.0 Å². The number of hydrogen-bond donors (Lipinski definition) is 4. The van der Waals surface area contributed by atoms with Crippen molar-refractivity contribution in [3.63, 3.8) is 0 Å². The largest absolute Gasteiger partial charge is 0.434 e. The highest BCUT2D eigenvalue weighted by Crippen LogP contribution is 2.42. The minimum absolute atomic E-state index is 0.0115. The first-order chi connectivity index (χ1) is 24.5. The number of aromatic nitrogens is 2. The highest BCUT2D eigenvalue weighted by molar-refractivity contribution is 7.91. The Morgan fingerprint density at radius 2 is 1.71 bits per heavy atom. The Kier molecular flexibility index (Phi) is 11.7. The van der Waals surface area contributed by atoms with E-state index in [1.807, 2.05) is 0 Å². The normalized spacial score (nSPS) is 17.5. The number of anilines is 2. The van der Waals surface area contributed by atoms with Crippen molar-refractivity contribution in [2.24, 2.45) is 0 Å². The lowest BCUT2D eigenvalue weighted by Gasteiger charge is -2.23. The zero-order chi connectivity index (χ0) is 36.1. The van der Waals surface area contributed by atoms with Gasteiger partial charge in [0.15, 0.2) is 11.6 Å². The third-order valence-electron chi connectivity index (χ3n) is 8.88. The standard InChI is InChI=1S/C35H35Cl2F3N6O4S/c36-30-25(2-1-3-27(30)46-34-32(38)22(8-12-43-34)18-44-23-10-14-51(48,49)15-11-23)26-9-13-42-33(31(26)37)20-4-5-21(28(16-20)50-35(39)40)17-41-19-24-6-7-29(47)45-24/h1-5,8-9,12-13,16,23-24,35,41,44H,6-7,10-11,14-15,17-19H2,(H,43,46)(H,45,47)/t24-/m0/s1. The van der Waals surface area contributed by atoms with Gasteiger partial charge in [-0.1, -0.05) is 47.5 Å². The summed E-state index contributed by atoms with van der Waals surface area (Å²) in [5, 5.41) is 12.7. The van der Waals surface area contributed by atoms with Gasteiger partial charge in [-0.15, -0.1) is 0 Å². The van der Waals surface area contributed by atoms with E-state index in [4.69, 9.17) is 27.9 Å². The van der Waals surface area contributed by atoms with Crippen LogP contribution in [0.3, 0.4) is 0 Å². The van der Waals surface area contributed by atoms with Gasteiger partial charge in [-0.3, -0.25) is 9.78 Å². The van der Waals surface area contributed by atoms with E-state index in [0.29, 0.717) is 71.4 Å². The third-order valence-corrected chi connectivity index (χ3v) is 11.4. The van der Waals surface area contributed by atoms with Crippen LogP contribution in [0.15, 0.2) is 60.9 Å². The fourth-order valence-corrected chi connectivity index (χ4v) is 8.23. The van der Waals surface area contributed by atoms with Gasteiger partial charge in [-0.2, -0.15) is 8.78 Å². The molecule has 1 atom stereocenters. The first-order valence-electron chi connectivity index (χ1n) is 16.3. The molecule has 0 aliphatic carbocycles. The number of sulfone groups is 1. The molecule has 2 saturated heterocycles. The van der Waals surface area contributed by atoms with Crippen LogP contribution in [0.25, 0.3) is 22.4 Å². The van der Waals surface area contributed by atoms with Crippen LogP contribution in [0.4, 0.5) is 24.7 Å². The van der Waals surface area contributed by atoms with E-state index in [2.05, 4.69) is 31.2 Å². The van der Waals surface area contributed by atoms with E-state index in [1.165, 1.54) is 18.5 Å². The molecule has 2 aliphatic rings. The third kappa shape index (κ3) is 9.11. The molecule has 4 heterocycles. The summed E-state index contributed by atoms with van der Waals surface area (Å²) < 4.78 is 70.8. The summed E-state index contributed by atoms with van der Waals surface area (Å²) in [6.45, 7) is -2.16. The monoisotopic (exact) mass is 762 g/mol. The topological polar surface area (TPSA) is 134 Å². The molecule has 0 radical (unpaired) electrons. The minimum atomic E-state index is -3.06. The fourth-order valence-electron chi connectivity index (χ4n) is 6.14. The van der Waals surface area contributed by atoms with Crippen molar-refractivity contribution < 1.29 is 31.1 Å². The van der Waals surface area contributed by atoms with Crippen molar-refractivity contribution >= 4 is 50.5 Å². The van der Waals surface area contributed by atoms with Gasteiger partial charge in [0.25, 0.3) is 0 Å². The maximum Gasteiger partial charge on any atom is 0.387 e. The van der Waals surface area contributed by atoms with Crippen LogP contribution in [-0.2, 0) is 27.7 Å². The molecule has 2 fully saturated rings. The van der Waals surface area contributed by atoms with Gasteiger partial charge in [0.1, 0.15) is 15.6 Å². The van der Waals surface area contributed by atoms with Gasteiger partial charge in [-0.05, 0) is 43.5 Å². The number of benzene rings is 2. The van der Waals surface area contributed by atoms with Crippen LogP contribution >= 0.6 is 23.2 Å². The number of pyridine rings is 2. The molecule has 6 rings (SSSR count). The average Bonchev–Trinajstić information content (AvgIpc) is 3.51. The molecule has 4 N–H and O–H groups in total.